The van der Waals surface area contributed by atoms with Crippen molar-refractivity contribution in [3.8, 4) is 11.4 Å². The molecule has 0 fully saturated rings. The summed E-state index contributed by atoms with van der Waals surface area (Å²) in [5.74, 6) is 1.62. The Kier molecular flexibility index (Phi) is 5.46. The van der Waals surface area contributed by atoms with Crippen molar-refractivity contribution < 1.29 is 4.79 Å². The third-order valence-electron chi connectivity index (χ3n) is 4.47. The number of aromatic nitrogens is 3. The van der Waals surface area contributed by atoms with E-state index in [-0.39, 0.29) is 11.9 Å². The highest BCUT2D eigenvalue weighted by Gasteiger charge is 2.24. The molecule has 0 unspecified atom stereocenters. The normalized spacial score (nSPS) is 14.9. The van der Waals surface area contributed by atoms with Crippen molar-refractivity contribution in [3.05, 3.63) is 35.8 Å². The molecule has 0 saturated heterocycles. The Hall–Kier alpha value is -2.54. The Morgan fingerprint density at radius 2 is 2.04 bits per heavy atom. The molecule has 1 atom stereocenters. The fourth-order valence-electron chi connectivity index (χ4n) is 3.28. The van der Waals surface area contributed by atoms with Gasteiger partial charge >= 0.3 is 0 Å². The van der Waals surface area contributed by atoms with E-state index in [4.69, 9.17) is 9.97 Å². The Bertz CT molecular complexity index is 777. The third kappa shape index (κ3) is 4.16. The minimum absolute atomic E-state index is 0.0789. The number of nitrogens with zero attached hydrogens (tertiary/aromatic N) is 5. The SMILES string of the molecule is CC(=O)N1CCc2c(nc(-c3ccncc3)nc2N[C@H](C)CN(C)C)C1. The summed E-state index contributed by atoms with van der Waals surface area (Å²) >= 11 is 0. The summed E-state index contributed by atoms with van der Waals surface area (Å²) < 4.78 is 0. The molecule has 3 rings (SSSR count). The largest absolute Gasteiger partial charge is 0.366 e. The molecule has 2 aromatic rings. The van der Waals surface area contributed by atoms with E-state index in [1.165, 1.54) is 0 Å². The number of carbonyl (C=O) groups is 1. The highest BCUT2D eigenvalue weighted by Crippen LogP contribution is 2.27. The van der Waals surface area contributed by atoms with E-state index in [0.717, 1.165) is 35.6 Å². The Labute approximate surface area is 154 Å². The Morgan fingerprint density at radius 3 is 2.69 bits per heavy atom. The van der Waals surface area contributed by atoms with E-state index >= 15 is 0 Å². The molecule has 1 amide bonds. The first-order chi connectivity index (χ1) is 12.4. The van der Waals surface area contributed by atoms with Crippen LogP contribution in [-0.2, 0) is 17.8 Å². The lowest BCUT2D eigenvalue weighted by Gasteiger charge is -2.29. The van der Waals surface area contributed by atoms with Gasteiger partial charge in [-0.25, -0.2) is 9.97 Å². The first-order valence-corrected chi connectivity index (χ1v) is 8.91. The highest BCUT2D eigenvalue weighted by molar-refractivity contribution is 5.74. The average Bonchev–Trinajstić information content (AvgIpc) is 2.61. The summed E-state index contributed by atoms with van der Waals surface area (Å²) in [7, 11) is 4.11. The Balaban J connectivity index is 1.99. The van der Waals surface area contributed by atoms with E-state index in [1.807, 2.05) is 17.0 Å². The summed E-state index contributed by atoms with van der Waals surface area (Å²) in [5, 5.41) is 3.54. The molecule has 1 aliphatic rings. The van der Waals surface area contributed by atoms with Crippen LogP contribution in [0, 0.1) is 0 Å². The molecule has 1 N–H and O–H groups in total. The molecule has 3 heterocycles. The predicted molar refractivity (Wildman–Crippen MR) is 102 cm³/mol. The lowest BCUT2D eigenvalue weighted by atomic mass is 10.0. The van der Waals surface area contributed by atoms with Gasteiger partial charge in [0.2, 0.25) is 5.91 Å². The summed E-state index contributed by atoms with van der Waals surface area (Å²) in [5.41, 5.74) is 2.96. The summed E-state index contributed by atoms with van der Waals surface area (Å²) in [6.07, 6.45) is 4.24. The van der Waals surface area contributed by atoms with Gasteiger partial charge in [-0.2, -0.15) is 0 Å². The highest BCUT2D eigenvalue weighted by atomic mass is 16.2. The molecular formula is C19H26N6O. The smallest absolute Gasteiger partial charge is 0.219 e. The van der Waals surface area contributed by atoms with Crippen LogP contribution in [0.3, 0.4) is 0 Å². The number of hydrogen-bond acceptors (Lipinski definition) is 6. The average molecular weight is 354 g/mol. The topological polar surface area (TPSA) is 74.2 Å². The van der Waals surface area contributed by atoms with Crippen LogP contribution in [-0.4, -0.2) is 63.9 Å². The van der Waals surface area contributed by atoms with Crippen molar-refractivity contribution in [1.29, 1.82) is 0 Å². The van der Waals surface area contributed by atoms with Crippen molar-refractivity contribution >= 4 is 11.7 Å². The molecule has 2 aromatic heterocycles. The summed E-state index contributed by atoms with van der Waals surface area (Å²) in [6, 6.07) is 4.06. The quantitative estimate of drug-likeness (QED) is 0.883. The van der Waals surface area contributed by atoms with E-state index in [0.29, 0.717) is 18.9 Å². The molecule has 0 bridgehead atoms. The van der Waals surface area contributed by atoms with Crippen molar-refractivity contribution in [2.75, 3.05) is 32.5 Å². The number of nitrogens with one attached hydrogen (secondary N) is 1. The van der Waals surface area contributed by atoms with Crippen LogP contribution >= 0.6 is 0 Å². The second-order valence-electron chi connectivity index (χ2n) is 7.06. The van der Waals surface area contributed by atoms with Crippen LogP contribution in [0.25, 0.3) is 11.4 Å². The zero-order valence-corrected chi connectivity index (χ0v) is 15.9. The van der Waals surface area contributed by atoms with Gasteiger partial charge in [0.05, 0.1) is 12.2 Å². The van der Waals surface area contributed by atoms with Crippen molar-refractivity contribution in [2.45, 2.75) is 32.9 Å². The number of fused-ring (bicyclic) bond motifs is 1. The minimum Gasteiger partial charge on any atom is -0.366 e. The maximum Gasteiger partial charge on any atom is 0.219 e. The fraction of sp³-hybridized carbons (Fsp3) is 0.474. The predicted octanol–water partition coefficient (Wildman–Crippen LogP) is 1.81. The lowest BCUT2D eigenvalue weighted by Crippen LogP contribution is -2.36. The summed E-state index contributed by atoms with van der Waals surface area (Å²) in [6.45, 7) is 5.89. The van der Waals surface area contributed by atoms with Crippen LogP contribution in [0.1, 0.15) is 25.1 Å². The van der Waals surface area contributed by atoms with Gasteiger partial charge in [-0.1, -0.05) is 0 Å². The molecule has 7 heteroatoms. The molecular weight excluding hydrogens is 328 g/mol. The number of hydrogen-bond donors (Lipinski definition) is 1. The Morgan fingerprint density at radius 1 is 1.31 bits per heavy atom. The number of anilines is 1. The number of likely N-dealkylation sites (N-methyl/N-ethyl adjacent to an activating group) is 1. The monoisotopic (exact) mass is 354 g/mol. The van der Waals surface area contributed by atoms with Crippen LogP contribution in [0.15, 0.2) is 24.5 Å². The van der Waals surface area contributed by atoms with Gasteiger partial charge in [-0.3, -0.25) is 9.78 Å². The maximum absolute atomic E-state index is 11.8. The van der Waals surface area contributed by atoms with E-state index in [9.17, 15) is 4.79 Å². The fourth-order valence-corrected chi connectivity index (χ4v) is 3.28. The van der Waals surface area contributed by atoms with Crippen molar-refractivity contribution in [2.24, 2.45) is 0 Å². The molecule has 7 nitrogen and oxygen atoms in total. The van der Waals surface area contributed by atoms with E-state index < -0.39 is 0 Å². The first kappa shape index (κ1) is 18.3. The van der Waals surface area contributed by atoms with Gasteiger partial charge in [0.15, 0.2) is 5.82 Å². The van der Waals surface area contributed by atoms with Crippen molar-refractivity contribution in [3.63, 3.8) is 0 Å². The van der Waals surface area contributed by atoms with Crippen molar-refractivity contribution in [1.82, 2.24) is 24.8 Å². The number of carbonyl (C=O) groups excluding carboxylic acids is 1. The molecule has 0 aromatic carbocycles. The van der Waals surface area contributed by atoms with Crippen LogP contribution in [0.2, 0.25) is 0 Å². The maximum atomic E-state index is 11.8. The van der Waals surface area contributed by atoms with Gasteiger partial charge in [0.25, 0.3) is 0 Å². The zero-order chi connectivity index (χ0) is 18.7. The van der Waals surface area contributed by atoms with E-state index in [1.54, 1.807) is 19.3 Å². The molecule has 0 spiro atoms. The molecule has 0 saturated carbocycles. The second kappa shape index (κ2) is 7.78. The van der Waals surface area contributed by atoms with Gasteiger partial charge in [0, 0.05) is 49.6 Å². The minimum atomic E-state index is 0.0789. The van der Waals surface area contributed by atoms with Crippen LogP contribution in [0.5, 0.6) is 0 Å². The molecule has 26 heavy (non-hydrogen) atoms. The lowest BCUT2D eigenvalue weighted by molar-refractivity contribution is -0.129. The van der Waals surface area contributed by atoms with E-state index in [2.05, 4.69) is 36.2 Å². The first-order valence-electron chi connectivity index (χ1n) is 8.91. The van der Waals surface area contributed by atoms with Crippen LogP contribution < -0.4 is 5.32 Å². The molecule has 0 aliphatic carbocycles. The number of amides is 1. The van der Waals surface area contributed by atoms with Gasteiger partial charge < -0.3 is 15.1 Å². The molecule has 1 aliphatic heterocycles. The number of rotatable bonds is 5. The van der Waals surface area contributed by atoms with Gasteiger partial charge in [-0.15, -0.1) is 0 Å². The third-order valence-corrected chi connectivity index (χ3v) is 4.47. The zero-order valence-electron chi connectivity index (χ0n) is 15.9. The van der Waals surface area contributed by atoms with Gasteiger partial charge in [-0.05, 0) is 39.6 Å². The summed E-state index contributed by atoms with van der Waals surface area (Å²) in [4.78, 5) is 29.4. The molecule has 0 radical (unpaired) electrons. The second-order valence-corrected chi connectivity index (χ2v) is 7.06. The molecule has 138 valence electrons. The van der Waals surface area contributed by atoms with Crippen LogP contribution in [0.4, 0.5) is 5.82 Å². The van der Waals surface area contributed by atoms with Gasteiger partial charge in [0.1, 0.15) is 5.82 Å². The standard InChI is InChI=1S/C19H26N6O/c1-13(11-24(3)4)21-19-16-7-10-25(14(2)26)12-17(16)22-18(23-19)15-5-8-20-9-6-15/h5-6,8-9,13H,7,10-12H2,1-4H3,(H,21,22,23)/t13-/m1/s1. The number of pyridine rings is 1.